The quantitative estimate of drug-likeness (QED) is 0.781. The van der Waals surface area contributed by atoms with Gasteiger partial charge in [-0.05, 0) is 31.2 Å². The first-order valence-electron chi connectivity index (χ1n) is 9.46. The number of likely N-dealkylation sites (tertiary alicyclic amines) is 1. The number of imide groups is 1. The summed E-state index contributed by atoms with van der Waals surface area (Å²) in [5, 5.41) is 0. The van der Waals surface area contributed by atoms with Crippen molar-refractivity contribution in [3.05, 3.63) is 35.9 Å². The molecular formula is C20H24FN3O4. The number of nitrogens with zero attached hydrogens (tertiary/aromatic N) is 2. The molecule has 4 amide bonds. The van der Waals surface area contributed by atoms with Crippen LogP contribution in [-0.2, 0) is 24.6 Å². The normalized spacial score (nSPS) is 20.3. The van der Waals surface area contributed by atoms with E-state index in [1.807, 2.05) is 30.3 Å². The Morgan fingerprint density at radius 3 is 2.36 bits per heavy atom. The molecule has 8 heteroatoms. The number of carbonyl (C=O) groups excluding carboxylic acids is 4. The molecule has 0 bridgehead atoms. The molecule has 0 aromatic heterocycles. The van der Waals surface area contributed by atoms with E-state index >= 15 is 0 Å². The second-order valence-corrected chi connectivity index (χ2v) is 7.38. The van der Waals surface area contributed by atoms with Crippen molar-refractivity contribution in [3.8, 4) is 0 Å². The minimum Gasteiger partial charge on any atom is -0.368 e. The number of amides is 4. The Bertz CT molecular complexity index is 779. The minimum absolute atomic E-state index is 0.146. The molecule has 1 aliphatic carbocycles. The number of halogens is 1. The van der Waals surface area contributed by atoms with Gasteiger partial charge in [-0.3, -0.25) is 24.1 Å². The van der Waals surface area contributed by atoms with Gasteiger partial charge in [-0.1, -0.05) is 36.8 Å². The Morgan fingerprint density at radius 1 is 1.14 bits per heavy atom. The maximum atomic E-state index is 13.5. The third-order valence-electron chi connectivity index (χ3n) is 5.74. The van der Waals surface area contributed by atoms with Crippen LogP contribution >= 0.6 is 0 Å². The minimum atomic E-state index is -1.41. The molecule has 2 N–H and O–H groups in total. The van der Waals surface area contributed by atoms with E-state index in [1.165, 1.54) is 4.90 Å². The van der Waals surface area contributed by atoms with Gasteiger partial charge >= 0.3 is 0 Å². The Labute approximate surface area is 162 Å². The smallest absolute Gasteiger partial charge is 0.261 e. The summed E-state index contributed by atoms with van der Waals surface area (Å²) >= 11 is 0. The van der Waals surface area contributed by atoms with Gasteiger partial charge in [0.2, 0.25) is 11.8 Å². The summed E-state index contributed by atoms with van der Waals surface area (Å²) in [6.07, 6.45) is 3.27. The Balaban J connectivity index is 1.85. The third-order valence-corrected chi connectivity index (χ3v) is 5.74. The van der Waals surface area contributed by atoms with Crippen molar-refractivity contribution >= 4 is 23.6 Å². The van der Waals surface area contributed by atoms with Crippen LogP contribution in [0.5, 0.6) is 0 Å². The van der Waals surface area contributed by atoms with Gasteiger partial charge in [0.1, 0.15) is 12.6 Å². The summed E-state index contributed by atoms with van der Waals surface area (Å²) in [6.45, 7) is -1.71. The summed E-state index contributed by atoms with van der Waals surface area (Å²) in [5.74, 6) is -2.92. The van der Waals surface area contributed by atoms with Crippen LogP contribution in [0.2, 0.25) is 0 Å². The lowest BCUT2D eigenvalue weighted by Gasteiger charge is -2.44. The number of hydrogen-bond donors (Lipinski definition) is 1. The van der Waals surface area contributed by atoms with E-state index in [2.05, 4.69) is 0 Å². The molecule has 2 aliphatic rings. The van der Waals surface area contributed by atoms with E-state index in [-0.39, 0.29) is 5.91 Å². The third kappa shape index (κ3) is 3.50. The second kappa shape index (κ2) is 8.08. The highest BCUT2D eigenvalue weighted by Gasteiger charge is 2.51. The van der Waals surface area contributed by atoms with Crippen LogP contribution in [0.1, 0.15) is 37.7 Å². The summed E-state index contributed by atoms with van der Waals surface area (Å²) in [6, 6.07) is 8.58. The fourth-order valence-corrected chi connectivity index (χ4v) is 4.15. The van der Waals surface area contributed by atoms with E-state index in [4.69, 9.17) is 5.73 Å². The number of primary amides is 1. The molecular weight excluding hydrogens is 365 g/mol. The first-order chi connectivity index (χ1) is 13.4. The van der Waals surface area contributed by atoms with Crippen molar-refractivity contribution in [3.63, 3.8) is 0 Å². The lowest BCUT2D eigenvalue weighted by molar-refractivity contribution is -0.155. The van der Waals surface area contributed by atoms with Crippen molar-refractivity contribution < 1.29 is 23.6 Å². The average Bonchev–Trinajstić information content (AvgIpc) is 3.14. The van der Waals surface area contributed by atoms with Crippen molar-refractivity contribution in [2.24, 2.45) is 5.73 Å². The van der Waals surface area contributed by atoms with Gasteiger partial charge in [0.25, 0.3) is 11.8 Å². The van der Waals surface area contributed by atoms with Crippen molar-refractivity contribution in [1.82, 2.24) is 9.80 Å². The summed E-state index contributed by atoms with van der Waals surface area (Å²) < 4.78 is 12.9. The highest BCUT2D eigenvalue weighted by Crippen LogP contribution is 2.46. The molecule has 1 aromatic carbocycles. The summed E-state index contributed by atoms with van der Waals surface area (Å²) in [5.41, 5.74) is 5.36. The van der Waals surface area contributed by atoms with E-state index in [9.17, 15) is 23.6 Å². The Hall–Kier alpha value is -2.77. The number of benzene rings is 1. The molecule has 28 heavy (non-hydrogen) atoms. The highest BCUT2D eigenvalue weighted by molar-refractivity contribution is 6.03. The van der Waals surface area contributed by atoms with E-state index in [0.717, 1.165) is 12.0 Å². The van der Waals surface area contributed by atoms with Gasteiger partial charge in [0, 0.05) is 6.54 Å². The van der Waals surface area contributed by atoms with Gasteiger partial charge in [0.15, 0.2) is 6.67 Å². The number of rotatable bonds is 6. The fraction of sp³-hybridized carbons (Fsp3) is 0.500. The lowest BCUT2D eigenvalue weighted by atomic mass is 9.63. The van der Waals surface area contributed by atoms with Crippen molar-refractivity contribution in [2.75, 3.05) is 19.8 Å². The first kappa shape index (κ1) is 20.0. The van der Waals surface area contributed by atoms with Crippen LogP contribution in [0.25, 0.3) is 0 Å². The summed E-state index contributed by atoms with van der Waals surface area (Å²) in [7, 11) is 0. The standard InChI is InChI=1S/C20H24FN3O4/c21-12-17(26)24(13-16(22)25)18(27)15-8-4-11-23(15)19(28)20(9-5-10-20)14-6-2-1-3-7-14/h1-3,6-7,15H,4-5,8-13H2,(H2,22,25)/t15-/m0/s1. The molecule has 1 aromatic rings. The number of alkyl halides is 1. The van der Waals surface area contributed by atoms with Crippen molar-refractivity contribution in [1.29, 1.82) is 0 Å². The van der Waals surface area contributed by atoms with Gasteiger partial charge in [-0.15, -0.1) is 0 Å². The van der Waals surface area contributed by atoms with E-state index in [1.54, 1.807) is 0 Å². The Morgan fingerprint density at radius 2 is 1.82 bits per heavy atom. The van der Waals surface area contributed by atoms with Crippen LogP contribution in [0.15, 0.2) is 30.3 Å². The largest absolute Gasteiger partial charge is 0.368 e. The molecule has 1 aliphatic heterocycles. The van der Waals surface area contributed by atoms with Crippen molar-refractivity contribution in [2.45, 2.75) is 43.6 Å². The first-order valence-corrected chi connectivity index (χ1v) is 9.46. The zero-order valence-electron chi connectivity index (χ0n) is 15.6. The van der Waals surface area contributed by atoms with Gasteiger partial charge in [-0.2, -0.15) is 0 Å². The van der Waals surface area contributed by atoms with Crippen LogP contribution in [0.3, 0.4) is 0 Å². The number of hydrogen-bond acceptors (Lipinski definition) is 4. The molecule has 0 spiro atoms. The predicted molar refractivity (Wildman–Crippen MR) is 98.6 cm³/mol. The number of carbonyl (C=O) groups is 4. The maximum Gasteiger partial charge on any atom is 0.261 e. The molecule has 0 unspecified atom stereocenters. The average molecular weight is 389 g/mol. The fourth-order valence-electron chi connectivity index (χ4n) is 4.15. The zero-order chi connectivity index (χ0) is 20.3. The van der Waals surface area contributed by atoms with Gasteiger partial charge in [-0.25, -0.2) is 4.39 Å². The molecule has 0 radical (unpaired) electrons. The number of nitrogens with two attached hydrogens (primary N) is 1. The van der Waals surface area contributed by atoms with E-state index in [0.29, 0.717) is 37.1 Å². The van der Waals surface area contributed by atoms with Crippen LogP contribution in [0, 0.1) is 0 Å². The molecule has 3 rings (SSSR count). The lowest BCUT2D eigenvalue weighted by Crippen LogP contribution is -2.57. The van der Waals surface area contributed by atoms with Gasteiger partial charge in [0.05, 0.1) is 5.41 Å². The molecule has 7 nitrogen and oxygen atoms in total. The molecule has 1 heterocycles. The van der Waals surface area contributed by atoms with Crippen LogP contribution in [0.4, 0.5) is 4.39 Å². The Kier molecular flexibility index (Phi) is 5.76. The maximum absolute atomic E-state index is 13.5. The van der Waals surface area contributed by atoms with Crippen LogP contribution in [-0.4, -0.2) is 59.2 Å². The summed E-state index contributed by atoms with van der Waals surface area (Å²) in [4.78, 5) is 51.5. The topological polar surface area (TPSA) is 101 Å². The molecule has 1 saturated carbocycles. The predicted octanol–water partition coefficient (Wildman–Crippen LogP) is 0.909. The van der Waals surface area contributed by atoms with Crippen LogP contribution < -0.4 is 5.73 Å². The molecule has 150 valence electrons. The SMILES string of the molecule is NC(=O)CN(C(=O)CF)C(=O)[C@@H]1CCCN1C(=O)C1(c2ccccc2)CCC1. The van der Waals surface area contributed by atoms with E-state index < -0.39 is 42.4 Å². The second-order valence-electron chi connectivity index (χ2n) is 7.38. The zero-order valence-corrected chi connectivity index (χ0v) is 15.6. The molecule has 1 atom stereocenters. The molecule has 1 saturated heterocycles. The monoisotopic (exact) mass is 389 g/mol. The highest BCUT2D eigenvalue weighted by atomic mass is 19.1. The molecule has 2 fully saturated rings. The van der Waals surface area contributed by atoms with Gasteiger partial charge < -0.3 is 10.6 Å².